The zero-order valence-electron chi connectivity index (χ0n) is 5.59. The van der Waals surface area contributed by atoms with Gasteiger partial charge in [-0.05, 0) is 0 Å². The van der Waals surface area contributed by atoms with Gasteiger partial charge in [0.1, 0.15) is 0 Å². The summed E-state index contributed by atoms with van der Waals surface area (Å²) < 4.78 is 77.6. The van der Waals surface area contributed by atoms with Gasteiger partial charge in [0.15, 0.2) is 0 Å². The molecule has 0 aromatic heterocycles. The van der Waals surface area contributed by atoms with Crippen molar-refractivity contribution in [1.82, 2.24) is 0 Å². The van der Waals surface area contributed by atoms with Crippen molar-refractivity contribution >= 4 is 0 Å². The second-order valence-corrected chi connectivity index (χ2v) is 5.49. The summed E-state index contributed by atoms with van der Waals surface area (Å²) >= 11 is -13.0. The summed E-state index contributed by atoms with van der Waals surface area (Å²) in [6, 6.07) is 0. The number of hydrogen-bond acceptors (Lipinski definition) is 9. The minimum Gasteiger partial charge on any atom is 3.00 e. The molecule has 0 bridgehead atoms. The molecule has 0 aliphatic heterocycles. The number of rotatable bonds is 0. The van der Waals surface area contributed by atoms with Crippen LogP contribution in [0.25, 0.3) is 0 Å². The molecule has 0 aliphatic rings. The Hall–Kier alpha value is 2.26. The third kappa shape index (κ3) is 418. The molecule has 9 nitrogen and oxygen atoms in total. The van der Waals surface area contributed by atoms with Crippen molar-refractivity contribution in [2.24, 2.45) is 0 Å². The van der Waals surface area contributed by atoms with E-state index in [1.54, 1.807) is 0 Å². The standard InChI is InChI=1S/9O.Pr.3Ta/q;;;;;;3*-1;+3;;;. The van der Waals surface area contributed by atoms with Crippen LogP contribution in [0.4, 0.5) is 0 Å². The van der Waals surface area contributed by atoms with Gasteiger partial charge < -0.3 is 0 Å². The summed E-state index contributed by atoms with van der Waals surface area (Å²) in [5, 5.41) is 0. The maximum absolute atomic E-state index is 8.62. The van der Waals surface area contributed by atoms with Crippen LogP contribution < -0.4 is 10.8 Å². The van der Waals surface area contributed by atoms with Gasteiger partial charge in [0.2, 0.25) is 0 Å². The van der Waals surface area contributed by atoms with Gasteiger partial charge in [0, 0.05) is 0 Å². The molecule has 0 amide bonds. The fraction of sp³-hybridized carbons (Fsp3) is 0. The van der Waals surface area contributed by atoms with E-state index in [0.717, 1.165) is 0 Å². The van der Waals surface area contributed by atoms with E-state index in [1.165, 1.54) is 0 Å². The summed E-state index contributed by atoms with van der Waals surface area (Å²) in [6.45, 7) is 0. The Labute approximate surface area is 125 Å². The number of hydrogen-bond donors (Lipinski definition) is 0. The molecule has 0 aliphatic carbocycles. The van der Waals surface area contributed by atoms with E-state index in [9.17, 15) is 0 Å². The molecule has 0 unspecified atom stereocenters. The summed E-state index contributed by atoms with van der Waals surface area (Å²) in [5.41, 5.74) is 0. The first-order valence-corrected chi connectivity index (χ1v) is 13.4. The van der Waals surface area contributed by atoms with Gasteiger partial charge in [0.25, 0.3) is 0 Å². The summed E-state index contributed by atoms with van der Waals surface area (Å²) in [6.07, 6.45) is 0. The quantitative estimate of drug-likeness (QED) is 0.235. The Morgan fingerprint density at radius 3 is 0.538 bits per heavy atom. The monoisotopic (exact) mass is 828 g/mol. The molecule has 0 aromatic carbocycles. The second-order valence-electron chi connectivity index (χ2n) is 0.671. The summed E-state index contributed by atoms with van der Waals surface area (Å²) in [5.74, 6) is 0. The smallest absolute Gasteiger partial charge is 3.00 e. The second kappa shape index (κ2) is 19.8. The van der Waals surface area contributed by atoms with Crippen LogP contribution in [0.3, 0.4) is 0 Å². The van der Waals surface area contributed by atoms with E-state index in [4.69, 9.17) is 30.3 Å². The molecule has 0 saturated carbocycles. The topological polar surface area (TPSA) is 172 Å². The first-order chi connectivity index (χ1) is 5.20. The molecule has 0 atom stereocenters. The predicted octanol–water partition coefficient (Wildman–Crippen LogP) is -4.29. The molecule has 0 aromatic rings. The molecule has 0 N–H and O–H groups in total. The Bertz CT molecular complexity index is 208. The van der Waals surface area contributed by atoms with Crippen molar-refractivity contribution in [3.8, 4) is 0 Å². The zero-order valence-corrected chi connectivity index (χ0v) is 18.9. The normalized spacial score (nSPS) is 5.77. The molecule has 13 heteroatoms. The molecule has 13 heavy (non-hydrogen) atoms. The van der Waals surface area contributed by atoms with Crippen molar-refractivity contribution in [3.63, 3.8) is 0 Å². The van der Waals surface area contributed by atoms with Gasteiger partial charge in [0.05, 0.1) is 0 Å². The first kappa shape index (κ1) is 24.5. The fourth-order valence-corrected chi connectivity index (χ4v) is 0. The maximum atomic E-state index is 8.62. The van der Waals surface area contributed by atoms with Gasteiger partial charge in [-0.25, -0.2) is 0 Å². The van der Waals surface area contributed by atoms with Crippen LogP contribution in [0.2, 0.25) is 0 Å². The largest absolute Gasteiger partial charge is 3.00 e. The van der Waals surface area contributed by atoms with Gasteiger partial charge in [-0.15, -0.1) is 0 Å². The van der Waals surface area contributed by atoms with E-state index < -0.39 is 56.4 Å². The maximum Gasteiger partial charge on any atom is 3.00 e. The van der Waals surface area contributed by atoms with Crippen LogP contribution in [0.1, 0.15) is 0 Å². The van der Waals surface area contributed by atoms with Crippen molar-refractivity contribution < 1.29 is 128 Å². The molecule has 0 radical (unpaired) electrons. The minimum atomic E-state index is -4.34. The molecule has 0 saturated heterocycles. The Kier molecular flexibility index (Phi) is 37.2. The van der Waals surface area contributed by atoms with Crippen molar-refractivity contribution in [2.45, 2.75) is 0 Å². The van der Waals surface area contributed by atoms with Crippen LogP contribution in [-0.2, 0) is 75.9 Å². The summed E-state index contributed by atoms with van der Waals surface area (Å²) in [7, 11) is 0. The summed E-state index contributed by atoms with van der Waals surface area (Å²) in [4.78, 5) is 0. The Morgan fingerprint density at radius 1 is 0.538 bits per heavy atom. The minimum absolute atomic E-state index is 0. The van der Waals surface area contributed by atoms with E-state index in [-0.39, 0.29) is 41.3 Å². The van der Waals surface area contributed by atoms with Gasteiger partial charge in [-0.3, -0.25) is 0 Å². The zero-order chi connectivity index (χ0) is 10.7. The fourth-order valence-electron chi connectivity index (χ4n) is 0. The van der Waals surface area contributed by atoms with E-state index in [0.29, 0.717) is 0 Å². The third-order valence-electron chi connectivity index (χ3n) is 0. The average molecular weight is 828 g/mol. The Balaban J connectivity index is -0.0000000450. The molecule has 0 rings (SSSR count). The molecule has 0 heterocycles. The van der Waals surface area contributed by atoms with Gasteiger partial charge in [-0.1, -0.05) is 0 Å². The SMILES string of the molecule is [O]=[Ta](=[O])[O-].[O]=[Ta](=[O])[O-].[O]=[Ta](=[O])[O-].[Pr+3]. The Morgan fingerprint density at radius 2 is 0.538 bits per heavy atom. The third-order valence-corrected chi connectivity index (χ3v) is 0. The van der Waals surface area contributed by atoms with Crippen molar-refractivity contribution in [3.05, 3.63) is 0 Å². The molecular weight excluding hydrogens is 828 g/mol. The predicted molar refractivity (Wildman–Crippen MR) is 4.12 cm³/mol. The van der Waals surface area contributed by atoms with Gasteiger partial charge in [-0.2, -0.15) is 0 Å². The van der Waals surface area contributed by atoms with Gasteiger partial charge >= 0.3 is 128 Å². The van der Waals surface area contributed by atoms with Crippen LogP contribution >= 0.6 is 0 Å². The van der Waals surface area contributed by atoms with Crippen LogP contribution in [0.5, 0.6) is 0 Å². The van der Waals surface area contributed by atoms with Crippen LogP contribution in [-0.4, -0.2) is 0 Å². The molecular formula is O9PrTa3. The van der Waals surface area contributed by atoms with E-state index in [1.807, 2.05) is 0 Å². The van der Waals surface area contributed by atoms with Crippen LogP contribution in [0, 0.1) is 41.3 Å². The molecule has 0 fully saturated rings. The molecule has 0 spiro atoms. The van der Waals surface area contributed by atoms with Crippen LogP contribution in [0.15, 0.2) is 0 Å². The van der Waals surface area contributed by atoms with E-state index in [2.05, 4.69) is 0 Å². The first-order valence-electron chi connectivity index (χ1n) is 1.64. The average Bonchev–Trinajstić information content (AvgIpc) is 1.54. The van der Waals surface area contributed by atoms with Crippen molar-refractivity contribution in [1.29, 1.82) is 0 Å². The molecule has 72 valence electrons. The van der Waals surface area contributed by atoms with E-state index >= 15 is 0 Å². The van der Waals surface area contributed by atoms with Crippen molar-refractivity contribution in [2.75, 3.05) is 0 Å².